The van der Waals surface area contributed by atoms with Crippen LogP contribution in [-0.4, -0.2) is 25.0 Å². The van der Waals surface area contributed by atoms with Crippen LogP contribution in [0.25, 0.3) is 0 Å². The average molecular weight is 407 g/mol. The smallest absolute Gasteiger partial charge is 0.229 e. The van der Waals surface area contributed by atoms with Gasteiger partial charge in [0.05, 0.1) is 22.5 Å². The molecular weight excluding hydrogens is 387 g/mol. The fraction of sp³-hybridized carbons (Fsp3) is 0.211. The van der Waals surface area contributed by atoms with Crippen LogP contribution in [0.15, 0.2) is 41.8 Å². The Bertz CT molecular complexity index is 1100. The molecule has 0 bridgehead atoms. The van der Waals surface area contributed by atoms with Crippen LogP contribution in [0.1, 0.15) is 32.2 Å². The number of hydrogen-bond donors (Lipinski definition) is 1. The zero-order valence-corrected chi connectivity index (χ0v) is 16.7. The number of aromatic nitrogens is 1. The van der Waals surface area contributed by atoms with Crippen molar-refractivity contribution in [2.24, 2.45) is 7.05 Å². The number of nitrogens with one attached hydrogen (secondary N) is 1. The van der Waals surface area contributed by atoms with E-state index in [1.807, 2.05) is 24.4 Å². The standard InChI is InChI=1S/C19H19FN2O3S2/c1-12-9-15(22(2)18(12)19(23)17-5-4-8-26-17)10-13-6-7-14(11-16(13)20)21-27(3,24)25/h4-9,11,21H,10H2,1-3H3. The summed E-state index contributed by atoms with van der Waals surface area (Å²) in [7, 11) is -1.67. The molecule has 0 radical (unpaired) electrons. The Morgan fingerprint density at radius 2 is 2.00 bits per heavy atom. The Kier molecular flexibility index (Phi) is 5.21. The molecule has 0 atom stereocenters. The maximum absolute atomic E-state index is 14.4. The molecule has 0 aliphatic rings. The van der Waals surface area contributed by atoms with E-state index in [0.29, 0.717) is 22.6 Å². The van der Waals surface area contributed by atoms with Gasteiger partial charge in [-0.15, -0.1) is 11.3 Å². The Morgan fingerprint density at radius 1 is 1.26 bits per heavy atom. The van der Waals surface area contributed by atoms with E-state index in [0.717, 1.165) is 23.6 Å². The van der Waals surface area contributed by atoms with Gasteiger partial charge in [0, 0.05) is 19.2 Å². The van der Waals surface area contributed by atoms with Crippen molar-refractivity contribution in [3.8, 4) is 0 Å². The van der Waals surface area contributed by atoms with E-state index in [-0.39, 0.29) is 11.5 Å². The van der Waals surface area contributed by atoms with Gasteiger partial charge in [-0.25, -0.2) is 12.8 Å². The number of ketones is 1. The molecule has 0 amide bonds. The summed E-state index contributed by atoms with van der Waals surface area (Å²) in [6, 6.07) is 9.72. The summed E-state index contributed by atoms with van der Waals surface area (Å²) in [6.45, 7) is 1.86. The number of anilines is 1. The van der Waals surface area contributed by atoms with E-state index in [9.17, 15) is 17.6 Å². The van der Waals surface area contributed by atoms with Crippen molar-refractivity contribution in [3.63, 3.8) is 0 Å². The van der Waals surface area contributed by atoms with Gasteiger partial charge in [-0.1, -0.05) is 12.1 Å². The number of carbonyl (C=O) groups excluding carboxylic acids is 1. The molecular formula is C19H19FN2O3S2. The molecule has 27 heavy (non-hydrogen) atoms. The molecule has 142 valence electrons. The molecule has 5 nitrogen and oxygen atoms in total. The highest BCUT2D eigenvalue weighted by Crippen LogP contribution is 2.24. The second-order valence-corrected chi connectivity index (χ2v) is 9.09. The third kappa shape index (κ3) is 4.28. The lowest BCUT2D eigenvalue weighted by Gasteiger charge is -2.10. The van der Waals surface area contributed by atoms with E-state index in [2.05, 4.69) is 4.72 Å². The zero-order chi connectivity index (χ0) is 19.8. The Balaban J connectivity index is 1.89. The number of rotatable bonds is 6. The number of thiophene rings is 1. The summed E-state index contributed by atoms with van der Waals surface area (Å²) in [5.74, 6) is -0.557. The molecule has 0 saturated heterocycles. The van der Waals surface area contributed by atoms with E-state index in [1.165, 1.54) is 17.4 Å². The zero-order valence-electron chi connectivity index (χ0n) is 15.1. The van der Waals surface area contributed by atoms with Crippen molar-refractivity contribution >= 4 is 32.8 Å². The quantitative estimate of drug-likeness (QED) is 0.634. The third-order valence-electron chi connectivity index (χ3n) is 4.21. The first kappa shape index (κ1) is 19.3. The number of carbonyl (C=O) groups is 1. The van der Waals surface area contributed by atoms with Crippen LogP contribution >= 0.6 is 11.3 Å². The summed E-state index contributed by atoms with van der Waals surface area (Å²) in [5, 5.41) is 1.86. The summed E-state index contributed by atoms with van der Waals surface area (Å²) in [5.41, 5.74) is 2.82. The number of aryl methyl sites for hydroxylation is 1. The van der Waals surface area contributed by atoms with Crippen LogP contribution in [-0.2, 0) is 23.5 Å². The highest BCUT2D eigenvalue weighted by Gasteiger charge is 2.20. The van der Waals surface area contributed by atoms with Gasteiger partial charge >= 0.3 is 0 Å². The van der Waals surface area contributed by atoms with Crippen molar-refractivity contribution < 1.29 is 17.6 Å². The number of hydrogen-bond acceptors (Lipinski definition) is 4. The predicted molar refractivity (Wildman–Crippen MR) is 106 cm³/mol. The minimum atomic E-state index is -3.46. The fourth-order valence-electron chi connectivity index (χ4n) is 3.01. The van der Waals surface area contributed by atoms with E-state index < -0.39 is 15.8 Å². The van der Waals surface area contributed by atoms with E-state index in [1.54, 1.807) is 23.7 Å². The monoisotopic (exact) mass is 406 g/mol. The lowest BCUT2D eigenvalue weighted by atomic mass is 10.1. The maximum atomic E-state index is 14.4. The topological polar surface area (TPSA) is 68.2 Å². The minimum absolute atomic E-state index is 0.0515. The first-order valence-electron chi connectivity index (χ1n) is 8.15. The maximum Gasteiger partial charge on any atom is 0.229 e. The molecule has 0 fully saturated rings. The van der Waals surface area contributed by atoms with Gasteiger partial charge in [0.2, 0.25) is 15.8 Å². The molecule has 0 spiro atoms. The van der Waals surface area contributed by atoms with Crippen LogP contribution in [0, 0.1) is 12.7 Å². The van der Waals surface area contributed by atoms with Gasteiger partial charge in [-0.05, 0) is 47.7 Å². The highest BCUT2D eigenvalue weighted by molar-refractivity contribution is 7.92. The molecule has 0 aliphatic heterocycles. The lowest BCUT2D eigenvalue weighted by Crippen LogP contribution is -2.11. The van der Waals surface area contributed by atoms with Gasteiger partial charge in [0.15, 0.2) is 0 Å². The third-order valence-corrected chi connectivity index (χ3v) is 5.69. The summed E-state index contributed by atoms with van der Waals surface area (Å²) < 4.78 is 41.0. The largest absolute Gasteiger partial charge is 0.344 e. The van der Waals surface area contributed by atoms with Gasteiger partial charge < -0.3 is 4.57 Å². The van der Waals surface area contributed by atoms with Crippen LogP contribution in [0.2, 0.25) is 0 Å². The Morgan fingerprint density at radius 3 is 2.59 bits per heavy atom. The number of nitrogens with zero attached hydrogens (tertiary/aromatic N) is 1. The van der Waals surface area contributed by atoms with Crippen molar-refractivity contribution in [1.82, 2.24) is 4.57 Å². The molecule has 1 aromatic carbocycles. The first-order valence-corrected chi connectivity index (χ1v) is 10.9. The summed E-state index contributed by atoms with van der Waals surface area (Å²) >= 11 is 1.39. The minimum Gasteiger partial charge on any atom is -0.344 e. The second-order valence-electron chi connectivity index (χ2n) is 6.39. The van der Waals surface area contributed by atoms with E-state index >= 15 is 0 Å². The highest BCUT2D eigenvalue weighted by atomic mass is 32.2. The number of halogens is 1. The predicted octanol–water partition coefficient (Wildman–Crippen LogP) is 3.73. The van der Waals surface area contributed by atoms with E-state index in [4.69, 9.17) is 0 Å². The van der Waals surface area contributed by atoms with Crippen LogP contribution in [0.3, 0.4) is 0 Å². The van der Waals surface area contributed by atoms with Gasteiger partial charge in [0.1, 0.15) is 5.82 Å². The molecule has 3 rings (SSSR count). The normalized spacial score (nSPS) is 11.6. The van der Waals surface area contributed by atoms with Crippen LogP contribution < -0.4 is 4.72 Å². The fourth-order valence-corrected chi connectivity index (χ4v) is 4.23. The molecule has 2 aromatic heterocycles. The molecule has 0 unspecified atom stereocenters. The molecule has 0 saturated carbocycles. The second kappa shape index (κ2) is 7.28. The SMILES string of the molecule is Cc1cc(Cc2ccc(NS(C)(=O)=O)cc2F)n(C)c1C(=O)c1cccs1. The van der Waals surface area contributed by atoms with Crippen molar-refractivity contribution in [1.29, 1.82) is 0 Å². The van der Waals surface area contributed by atoms with Gasteiger partial charge in [-0.3, -0.25) is 9.52 Å². The van der Waals surface area contributed by atoms with Crippen molar-refractivity contribution in [3.05, 3.63) is 75.0 Å². The summed E-state index contributed by atoms with van der Waals surface area (Å²) in [6.07, 6.45) is 1.30. The van der Waals surface area contributed by atoms with Gasteiger partial charge in [0.25, 0.3) is 0 Å². The van der Waals surface area contributed by atoms with Crippen molar-refractivity contribution in [2.75, 3.05) is 11.0 Å². The first-order chi connectivity index (χ1) is 12.7. The lowest BCUT2D eigenvalue weighted by molar-refractivity contribution is 0.103. The molecule has 8 heteroatoms. The molecule has 3 aromatic rings. The average Bonchev–Trinajstić information content (AvgIpc) is 3.17. The number of benzene rings is 1. The number of sulfonamides is 1. The van der Waals surface area contributed by atoms with Gasteiger partial charge in [-0.2, -0.15) is 0 Å². The Labute approximate surface area is 161 Å². The van der Waals surface area contributed by atoms with Crippen LogP contribution in [0.5, 0.6) is 0 Å². The molecule has 2 heterocycles. The molecule has 0 aliphatic carbocycles. The summed E-state index contributed by atoms with van der Waals surface area (Å²) in [4.78, 5) is 13.4. The Hall–Kier alpha value is -2.45. The van der Waals surface area contributed by atoms with Crippen molar-refractivity contribution in [2.45, 2.75) is 13.3 Å². The molecule has 1 N–H and O–H groups in total. The van der Waals surface area contributed by atoms with Crippen LogP contribution in [0.4, 0.5) is 10.1 Å².